The van der Waals surface area contributed by atoms with Crippen LogP contribution in [0.3, 0.4) is 0 Å². The minimum atomic E-state index is -1.17. The first-order valence-corrected chi connectivity index (χ1v) is 14.0. The third kappa shape index (κ3) is 6.12. The Morgan fingerprint density at radius 1 is 1.05 bits per heavy atom. The fraction of sp³-hybridized carbons (Fsp3) is 0.367. The van der Waals surface area contributed by atoms with Gasteiger partial charge in [-0.2, -0.15) is 4.90 Å². The van der Waals surface area contributed by atoms with E-state index in [1.54, 1.807) is 17.0 Å². The van der Waals surface area contributed by atoms with E-state index in [-0.39, 0.29) is 36.8 Å². The number of hydrogen-bond acceptors (Lipinski definition) is 7. The molecule has 0 spiro atoms. The van der Waals surface area contributed by atoms with Crippen molar-refractivity contribution in [3.63, 3.8) is 0 Å². The molecule has 2 saturated heterocycles. The molecule has 0 saturated carbocycles. The second-order valence-corrected chi connectivity index (χ2v) is 10.9. The molecule has 2 fully saturated rings. The minimum Gasteiger partial charge on any atom is -0.444 e. The lowest BCUT2D eigenvalue weighted by Gasteiger charge is -2.34. The van der Waals surface area contributed by atoms with Crippen LogP contribution in [0.4, 0.5) is 10.5 Å². The Balaban J connectivity index is 1.21. The monoisotopic (exact) mass is 578 g/mol. The molecule has 2 aromatic rings. The van der Waals surface area contributed by atoms with Crippen LogP contribution in [-0.2, 0) is 32.2 Å². The summed E-state index contributed by atoms with van der Waals surface area (Å²) in [6.07, 6.45) is 1.68. The van der Waals surface area contributed by atoms with Gasteiger partial charge in [-0.15, -0.1) is 0 Å². The van der Waals surface area contributed by atoms with Crippen LogP contribution in [0.5, 0.6) is 0 Å². The van der Waals surface area contributed by atoms with Gasteiger partial charge in [0.15, 0.2) is 0 Å². The Labute approximate surface area is 242 Å². The third-order valence-corrected chi connectivity index (χ3v) is 7.82. The van der Waals surface area contributed by atoms with Gasteiger partial charge >= 0.3 is 6.09 Å². The summed E-state index contributed by atoms with van der Waals surface area (Å²) in [5, 5.41) is 3.91. The van der Waals surface area contributed by atoms with E-state index in [0.29, 0.717) is 35.1 Å². The van der Waals surface area contributed by atoms with Crippen LogP contribution >= 0.6 is 11.6 Å². The molecule has 0 aliphatic carbocycles. The number of hydrogen-bond donors (Lipinski definition) is 1. The van der Waals surface area contributed by atoms with Crippen molar-refractivity contribution in [3.05, 3.63) is 76.3 Å². The highest BCUT2D eigenvalue weighted by Gasteiger charge is 2.45. The van der Waals surface area contributed by atoms with Crippen molar-refractivity contribution in [3.8, 4) is 0 Å². The van der Waals surface area contributed by atoms with Crippen molar-refractivity contribution in [1.82, 2.24) is 14.7 Å². The lowest BCUT2D eigenvalue weighted by atomic mass is 10.0. The number of benzene rings is 2. The van der Waals surface area contributed by atoms with Crippen molar-refractivity contribution in [2.45, 2.75) is 51.2 Å². The van der Waals surface area contributed by atoms with Gasteiger partial charge in [0.05, 0.1) is 0 Å². The molecule has 3 aliphatic rings. The topological polar surface area (TPSA) is 116 Å². The normalized spacial score (nSPS) is 18.8. The maximum absolute atomic E-state index is 13.3. The largest absolute Gasteiger partial charge is 0.444 e. The van der Waals surface area contributed by atoms with Crippen molar-refractivity contribution >= 4 is 47.0 Å². The molecule has 10 nitrogen and oxygen atoms in total. The minimum absolute atomic E-state index is 0.0690. The number of carbonyl (C=O) groups excluding carboxylic acids is 5. The highest BCUT2D eigenvalue weighted by Crippen LogP contribution is 2.30. The Bertz CT molecular complexity index is 1420. The van der Waals surface area contributed by atoms with Gasteiger partial charge in [0.1, 0.15) is 12.6 Å². The molecule has 214 valence electrons. The van der Waals surface area contributed by atoms with Crippen LogP contribution in [0.1, 0.15) is 53.6 Å². The van der Waals surface area contributed by atoms with Gasteiger partial charge in [-0.25, -0.2) is 4.79 Å². The zero-order valence-electron chi connectivity index (χ0n) is 22.6. The second kappa shape index (κ2) is 12.1. The molecular weight excluding hydrogens is 548 g/mol. The number of halogens is 1. The van der Waals surface area contributed by atoms with E-state index in [1.165, 1.54) is 4.90 Å². The Morgan fingerprint density at radius 3 is 2.59 bits per heavy atom. The molecular formula is C30H31ClN4O6. The molecule has 0 aromatic heterocycles. The number of amides is 5. The van der Waals surface area contributed by atoms with Crippen LogP contribution in [-0.4, -0.2) is 70.2 Å². The lowest BCUT2D eigenvalue weighted by molar-refractivity contribution is -0.149. The quantitative estimate of drug-likeness (QED) is 0.388. The molecule has 0 bridgehead atoms. The third-order valence-electron chi connectivity index (χ3n) is 7.58. The summed E-state index contributed by atoms with van der Waals surface area (Å²) in [6.45, 7) is 5.19. The van der Waals surface area contributed by atoms with Gasteiger partial charge in [-0.1, -0.05) is 36.4 Å². The first-order valence-electron chi connectivity index (χ1n) is 13.7. The van der Waals surface area contributed by atoms with E-state index in [0.717, 1.165) is 36.1 Å². The number of nitrogens with zero attached hydrogens (tertiary/aromatic N) is 3. The van der Waals surface area contributed by atoms with E-state index >= 15 is 0 Å². The molecule has 2 aromatic carbocycles. The molecule has 3 aliphatic heterocycles. The molecule has 1 unspecified atom stereocenters. The maximum Gasteiger partial charge on any atom is 0.423 e. The van der Waals surface area contributed by atoms with Gasteiger partial charge in [0.25, 0.3) is 17.7 Å². The first-order chi connectivity index (χ1) is 19.7. The number of nitrogens with one attached hydrogen (secondary N) is 1. The van der Waals surface area contributed by atoms with Gasteiger partial charge in [0.2, 0.25) is 5.91 Å². The average Bonchev–Trinajstić information content (AvgIpc) is 3.30. The number of piperidine rings is 2. The predicted molar refractivity (Wildman–Crippen MR) is 151 cm³/mol. The predicted octanol–water partition coefficient (Wildman–Crippen LogP) is 4.13. The standard InChI is InChI=1S/C30H31ClN4O6/c1-19(27(37)33-12-3-2-4-13-33)18-41-30(40)35-26(36)11-10-25(29(35)39)34-17-21-14-20(8-9-24(21)28(34)38)16-32-23-7-5-6-22(31)15-23/h5-9,14-15,25,32H,1-4,10-13,16-18H2. The molecule has 0 radical (unpaired) electrons. The van der Waals surface area contributed by atoms with E-state index < -0.39 is 30.6 Å². The van der Waals surface area contributed by atoms with Crippen molar-refractivity contribution in [2.24, 2.45) is 0 Å². The molecule has 41 heavy (non-hydrogen) atoms. The molecule has 3 heterocycles. The number of fused-ring (bicyclic) bond motifs is 1. The van der Waals surface area contributed by atoms with E-state index in [2.05, 4.69) is 11.9 Å². The number of ether oxygens (including phenoxy) is 1. The lowest BCUT2D eigenvalue weighted by Crippen LogP contribution is -2.56. The Kier molecular flexibility index (Phi) is 8.39. The number of carbonyl (C=O) groups is 5. The fourth-order valence-electron chi connectivity index (χ4n) is 5.40. The average molecular weight is 579 g/mol. The Hall–Kier alpha value is -4.18. The van der Waals surface area contributed by atoms with Crippen LogP contribution < -0.4 is 5.32 Å². The Morgan fingerprint density at radius 2 is 1.83 bits per heavy atom. The highest BCUT2D eigenvalue weighted by molar-refractivity contribution is 6.30. The van der Waals surface area contributed by atoms with Gasteiger partial charge < -0.3 is 19.9 Å². The van der Waals surface area contributed by atoms with Crippen molar-refractivity contribution in [2.75, 3.05) is 25.0 Å². The number of anilines is 1. The van der Waals surface area contributed by atoms with Crippen molar-refractivity contribution < 1.29 is 28.7 Å². The maximum atomic E-state index is 13.3. The first kappa shape index (κ1) is 28.4. The van der Waals surface area contributed by atoms with Crippen LogP contribution in [0.2, 0.25) is 5.02 Å². The SMILES string of the molecule is C=C(COC(=O)N1C(=O)CCC(N2Cc3cc(CNc4cccc(Cl)c4)ccc3C2=O)C1=O)C(=O)N1CCCCC1. The van der Waals surface area contributed by atoms with Crippen molar-refractivity contribution in [1.29, 1.82) is 0 Å². The molecule has 5 rings (SSSR count). The number of rotatable bonds is 7. The fourth-order valence-corrected chi connectivity index (χ4v) is 5.60. The molecule has 1 atom stereocenters. The van der Waals surface area contributed by atoms with Crippen LogP contribution in [0.15, 0.2) is 54.6 Å². The smallest absolute Gasteiger partial charge is 0.423 e. The number of likely N-dealkylation sites (tertiary alicyclic amines) is 2. The van der Waals surface area contributed by atoms with E-state index in [9.17, 15) is 24.0 Å². The van der Waals surface area contributed by atoms with E-state index in [1.807, 2.05) is 30.3 Å². The summed E-state index contributed by atoms with van der Waals surface area (Å²) in [5.74, 6) is -2.17. The molecule has 5 amide bonds. The summed E-state index contributed by atoms with van der Waals surface area (Å²) >= 11 is 6.05. The van der Waals surface area contributed by atoms with Gasteiger partial charge in [0, 0.05) is 54.4 Å². The summed E-state index contributed by atoms with van der Waals surface area (Å²) in [7, 11) is 0. The highest BCUT2D eigenvalue weighted by atomic mass is 35.5. The van der Waals surface area contributed by atoms with Gasteiger partial charge in [-0.3, -0.25) is 19.2 Å². The zero-order valence-corrected chi connectivity index (χ0v) is 23.3. The van der Waals surface area contributed by atoms with Crippen LogP contribution in [0.25, 0.3) is 0 Å². The second-order valence-electron chi connectivity index (χ2n) is 10.4. The summed E-state index contributed by atoms with van der Waals surface area (Å²) in [5.41, 5.74) is 3.10. The molecule has 1 N–H and O–H groups in total. The summed E-state index contributed by atoms with van der Waals surface area (Å²) in [4.78, 5) is 68.0. The number of imide groups is 3. The zero-order chi connectivity index (χ0) is 29.1. The van der Waals surface area contributed by atoms with Crippen LogP contribution in [0, 0.1) is 0 Å². The summed E-state index contributed by atoms with van der Waals surface area (Å²) < 4.78 is 5.16. The van der Waals surface area contributed by atoms with Gasteiger partial charge in [-0.05, 0) is 61.1 Å². The molecule has 11 heteroatoms. The van der Waals surface area contributed by atoms with E-state index in [4.69, 9.17) is 16.3 Å². The summed E-state index contributed by atoms with van der Waals surface area (Å²) in [6, 6.07) is 11.8.